The lowest BCUT2D eigenvalue weighted by Crippen LogP contribution is -2.38. The summed E-state index contributed by atoms with van der Waals surface area (Å²) in [4.78, 5) is 20.6. The van der Waals surface area contributed by atoms with Crippen LogP contribution in [0.2, 0.25) is 0 Å². The molecule has 0 aromatic carbocycles. The van der Waals surface area contributed by atoms with Gasteiger partial charge in [-0.1, -0.05) is 0 Å². The molecule has 0 amide bonds. The number of aromatic amines is 1. The van der Waals surface area contributed by atoms with E-state index in [1.165, 1.54) is 24.4 Å². The third-order valence-corrected chi connectivity index (χ3v) is 7.05. The molecule has 1 aliphatic carbocycles. The van der Waals surface area contributed by atoms with E-state index in [1.807, 2.05) is 42.3 Å². The van der Waals surface area contributed by atoms with E-state index in [0.29, 0.717) is 36.5 Å². The number of H-pyrrole nitrogens is 1. The van der Waals surface area contributed by atoms with E-state index >= 15 is 0 Å². The minimum Gasteiger partial charge on any atom is -0.391 e. The Morgan fingerprint density at radius 2 is 2.24 bits per heavy atom. The van der Waals surface area contributed by atoms with Crippen LogP contribution < -0.4 is 10.2 Å². The Kier molecular flexibility index (Phi) is 4.88. The molecule has 10 nitrogen and oxygen atoms in total. The highest BCUT2D eigenvalue weighted by molar-refractivity contribution is 7.05. The van der Waals surface area contributed by atoms with Crippen LogP contribution in [0, 0.1) is 6.92 Å². The lowest BCUT2D eigenvalue weighted by molar-refractivity contribution is -0.119. The van der Waals surface area contributed by atoms with Crippen molar-refractivity contribution in [2.24, 2.45) is 0 Å². The topological polar surface area (TPSA) is 124 Å². The number of carbonyl (C=O) groups excluding carboxylic acids is 1. The van der Waals surface area contributed by atoms with Gasteiger partial charge in [0.2, 0.25) is 5.95 Å². The first-order chi connectivity index (χ1) is 16.0. The van der Waals surface area contributed by atoms with Gasteiger partial charge in [0.15, 0.2) is 17.4 Å². The number of aliphatic hydroxyl groups is 1. The molecule has 0 spiro atoms. The Bertz CT molecular complexity index is 1320. The zero-order chi connectivity index (χ0) is 22.5. The summed E-state index contributed by atoms with van der Waals surface area (Å²) in [6.45, 7) is 2.22. The molecular weight excluding hydrogens is 440 g/mol. The fourth-order valence-electron chi connectivity index (χ4n) is 4.39. The molecule has 2 atom stereocenters. The number of carbonyl (C=O) groups is 1. The van der Waals surface area contributed by atoms with Gasteiger partial charge in [-0.3, -0.25) is 9.89 Å². The van der Waals surface area contributed by atoms with Crippen molar-refractivity contribution in [3.8, 4) is 0 Å². The van der Waals surface area contributed by atoms with E-state index in [0.717, 1.165) is 21.8 Å². The number of aliphatic hydroxyl groups excluding tert-OH is 1. The number of rotatable bonds is 7. The number of anilines is 3. The number of nitrogens with zero attached hydrogens (tertiary/aromatic N) is 6. The van der Waals surface area contributed by atoms with Gasteiger partial charge >= 0.3 is 0 Å². The first-order valence-electron chi connectivity index (χ1n) is 11.1. The lowest BCUT2D eigenvalue weighted by atomic mass is 10.1. The molecule has 6 rings (SSSR count). The Labute approximate surface area is 193 Å². The maximum atomic E-state index is 13.1. The molecule has 3 N–H and O–H groups in total. The Hall–Kier alpha value is -3.31. The van der Waals surface area contributed by atoms with Crippen LogP contribution >= 0.6 is 11.5 Å². The van der Waals surface area contributed by atoms with Gasteiger partial charge in [0.05, 0.1) is 17.8 Å². The molecular formula is C22H24N8O2S. The predicted octanol–water partition coefficient (Wildman–Crippen LogP) is 2.59. The second kappa shape index (κ2) is 7.92. The number of aryl methyl sites for hydroxylation is 1. The first-order valence-corrected chi connectivity index (χ1v) is 11.9. The summed E-state index contributed by atoms with van der Waals surface area (Å²) in [5.41, 5.74) is 2.84. The van der Waals surface area contributed by atoms with Gasteiger partial charge in [-0.05, 0) is 49.5 Å². The van der Waals surface area contributed by atoms with E-state index in [4.69, 9.17) is 4.98 Å². The predicted molar refractivity (Wildman–Crippen MR) is 124 cm³/mol. The second-order valence-corrected chi connectivity index (χ2v) is 9.73. The Morgan fingerprint density at radius 1 is 1.36 bits per heavy atom. The zero-order valence-corrected chi connectivity index (χ0v) is 18.9. The number of ketones is 1. The van der Waals surface area contributed by atoms with E-state index in [-0.39, 0.29) is 12.2 Å². The highest BCUT2D eigenvalue weighted by atomic mass is 32.1. The van der Waals surface area contributed by atoms with E-state index < -0.39 is 12.1 Å². The highest BCUT2D eigenvalue weighted by Crippen LogP contribution is 2.39. The molecule has 11 heteroatoms. The van der Waals surface area contributed by atoms with Crippen molar-refractivity contribution in [1.82, 2.24) is 29.2 Å². The normalized spacial score (nSPS) is 20.6. The lowest BCUT2D eigenvalue weighted by Gasteiger charge is -2.23. The summed E-state index contributed by atoms with van der Waals surface area (Å²) in [5, 5.41) is 25.8. The Balaban J connectivity index is 1.30. The molecule has 4 aromatic rings. The molecule has 1 saturated carbocycles. The van der Waals surface area contributed by atoms with Crippen molar-refractivity contribution >= 4 is 40.4 Å². The van der Waals surface area contributed by atoms with Crippen molar-refractivity contribution in [1.29, 1.82) is 0 Å². The van der Waals surface area contributed by atoms with Gasteiger partial charge in [-0.2, -0.15) is 14.5 Å². The van der Waals surface area contributed by atoms with Gasteiger partial charge < -0.3 is 15.3 Å². The average Bonchev–Trinajstić information content (AvgIpc) is 3.17. The average molecular weight is 465 g/mol. The van der Waals surface area contributed by atoms with E-state index in [9.17, 15) is 9.90 Å². The summed E-state index contributed by atoms with van der Waals surface area (Å²) in [5.74, 6) is 2.29. The zero-order valence-electron chi connectivity index (χ0n) is 18.1. The third kappa shape index (κ3) is 3.98. The van der Waals surface area contributed by atoms with Gasteiger partial charge in [0, 0.05) is 48.1 Å². The van der Waals surface area contributed by atoms with Crippen molar-refractivity contribution in [3.05, 3.63) is 46.7 Å². The molecule has 5 heterocycles. The largest absolute Gasteiger partial charge is 0.391 e. The molecule has 1 aliphatic heterocycles. The summed E-state index contributed by atoms with van der Waals surface area (Å²) >= 11 is 1.34. The number of hydrogen-bond acceptors (Lipinski definition) is 9. The van der Waals surface area contributed by atoms with Crippen molar-refractivity contribution in [3.63, 3.8) is 0 Å². The fourth-order valence-corrected chi connectivity index (χ4v) is 5.14. The van der Waals surface area contributed by atoms with Crippen LogP contribution in [0.4, 0.5) is 17.6 Å². The van der Waals surface area contributed by atoms with Crippen molar-refractivity contribution in [2.45, 2.75) is 50.7 Å². The molecule has 4 aromatic heterocycles. The highest BCUT2D eigenvalue weighted by Gasteiger charge is 2.38. The smallest absolute Gasteiger partial charge is 0.246 e. The number of fused-ring (bicyclic) bond motifs is 1. The second-order valence-electron chi connectivity index (χ2n) is 8.84. The standard InChI is InChI=1S/C22H24N8O2S/c1-12-7-15(33-28-12)9-19(32)18-8-14(31)11-29(18)22-24-21(17-3-2-6-30(17)27-22)23-20-10-16(25-26-20)13-4-5-13/h2-3,6-7,10,13-14,18,31H,4-5,8-9,11H2,1H3,(H2,23,24,25,26,27)/t14-,18-/m0/s1. The van der Waals surface area contributed by atoms with Crippen LogP contribution in [0.25, 0.3) is 5.52 Å². The quantitative estimate of drug-likeness (QED) is 0.381. The number of Topliss-reactive ketones (excluding diaryl/α,β-unsaturated/α-hetero) is 1. The number of hydrogen-bond donors (Lipinski definition) is 3. The van der Waals surface area contributed by atoms with Crippen LogP contribution in [0.5, 0.6) is 0 Å². The van der Waals surface area contributed by atoms with E-state index in [1.54, 1.807) is 4.52 Å². The minimum absolute atomic E-state index is 0.0299. The van der Waals surface area contributed by atoms with Gasteiger partial charge in [-0.15, -0.1) is 5.10 Å². The first kappa shape index (κ1) is 20.3. The van der Waals surface area contributed by atoms with Crippen molar-refractivity contribution < 1.29 is 9.90 Å². The maximum Gasteiger partial charge on any atom is 0.246 e. The summed E-state index contributed by atoms with van der Waals surface area (Å²) in [6.07, 6.45) is 4.25. The number of aromatic nitrogens is 6. The van der Waals surface area contributed by atoms with Crippen LogP contribution in [-0.2, 0) is 11.2 Å². The minimum atomic E-state index is -0.616. The molecule has 0 radical (unpaired) electrons. The van der Waals surface area contributed by atoms with Crippen LogP contribution in [0.1, 0.15) is 41.4 Å². The molecule has 170 valence electrons. The molecule has 0 bridgehead atoms. The number of β-amino-alcohol motifs (C(OH)–C–C–N with tert-alkyl or cyclic N) is 1. The third-order valence-electron chi connectivity index (χ3n) is 6.17. The van der Waals surface area contributed by atoms with Gasteiger partial charge in [0.1, 0.15) is 5.52 Å². The van der Waals surface area contributed by atoms with Gasteiger partial charge in [0.25, 0.3) is 0 Å². The summed E-state index contributed by atoms with van der Waals surface area (Å²) in [6, 6.07) is 7.28. The molecule has 1 saturated heterocycles. The maximum absolute atomic E-state index is 13.1. The molecule has 2 aliphatic rings. The molecule has 33 heavy (non-hydrogen) atoms. The van der Waals surface area contributed by atoms with Crippen LogP contribution in [0.15, 0.2) is 30.5 Å². The van der Waals surface area contributed by atoms with Crippen LogP contribution in [-0.4, -0.2) is 58.7 Å². The molecule has 0 unspecified atom stereocenters. The Morgan fingerprint density at radius 3 is 3.03 bits per heavy atom. The monoisotopic (exact) mass is 464 g/mol. The fraction of sp³-hybridized carbons (Fsp3) is 0.409. The van der Waals surface area contributed by atoms with Gasteiger partial charge in [-0.25, -0.2) is 4.52 Å². The molecule has 2 fully saturated rings. The summed E-state index contributed by atoms with van der Waals surface area (Å²) < 4.78 is 6.00. The van der Waals surface area contributed by atoms with Crippen molar-refractivity contribution in [2.75, 3.05) is 16.8 Å². The van der Waals surface area contributed by atoms with E-state index in [2.05, 4.69) is 25.0 Å². The number of nitrogens with one attached hydrogen (secondary N) is 2. The SMILES string of the molecule is Cc1cc(CC(=O)[C@@H]2C[C@H](O)CN2c2nc(Nc3cc(C4CC4)[nH]n3)c3cccn3n2)sn1. The van der Waals surface area contributed by atoms with Crippen LogP contribution in [0.3, 0.4) is 0 Å². The summed E-state index contributed by atoms with van der Waals surface area (Å²) in [7, 11) is 0.